The summed E-state index contributed by atoms with van der Waals surface area (Å²) in [6, 6.07) is 7.19. The molecule has 2 rings (SSSR count). The van der Waals surface area contributed by atoms with Gasteiger partial charge in [-0.05, 0) is 26.0 Å². The summed E-state index contributed by atoms with van der Waals surface area (Å²) in [5.74, 6) is 0. The zero-order chi connectivity index (χ0) is 14.2. The Labute approximate surface area is 121 Å². The largest absolute Gasteiger partial charge is 0.312 e. The van der Waals surface area contributed by atoms with Crippen molar-refractivity contribution in [2.24, 2.45) is 0 Å². The van der Waals surface area contributed by atoms with Crippen molar-refractivity contribution in [1.82, 2.24) is 26.3 Å². The molecule has 1 aliphatic rings. The molecule has 1 aliphatic heterocycles. The van der Waals surface area contributed by atoms with Gasteiger partial charge in [0.1, 0.15) is 0 Å². The SMILES string of the molecule is CC1CNCc2cccc(n2)CNCC(C)NCCN1. The second-order valence-electron chi connectivity index (χ2n) is 5.59. The van der Waals surface area contributed by atoms with Gasteiger partial charge < -0.3 is 21.3 Å². The first-order valence-electron chi connectivity index (χ1n) is 7.57. The molecule has 0 aliphatic carbocycles. The standard InChI is InChI=1S/C15H27N5/c1-12-8-16-10-14-4-3-5-15(20-14)11-17-9-13(2)19-7-6-18-12/h3-5,12-13,16-19H,6-11H2,1-2H3. The predicted octanol–water partition coefficient (Wildman–Crippen LogP) is 0.231. The number of nitrogens with one attached hydrogen (secondary N) is 4. The summed E-state index contributed by atoms with van der Waals surface area (Å²) in [6.07, 6.45) is 0. The molecule has 1 aromatic heterocycles. The highest BCUT2D eigenvalue weighted by Crippen LogP contribution is 1.99. The van der Waals surface area contributed by atoms with E-state index in [0.717, 1.165) is 50.7 Å². The van der Waals surface area contributed by atoms with Crippen molar-refractivity contribution in [3.8, 4) is 0 Å². The van der Waals surface area contributed by atoms with Crippen molar-refractivity contribution in [3.63, 3.8) is 0 Å². The van der Waals surface area contributed by atoms with Crippen molar-refractivity contribution in [2.75, 3.05) is 26.2 Å². The van der Waals surface area contributed by atoms with E-state index in [4.69, 9.17) is 0 Å². The maximum Gasteiger partial charge on any atom is 0.0545 e. The van der Waals surface area contributed by atoms with Gasteiger partial charge in [-0.15, -0.1) is 0 Å². The summed E-state index contributed by atoms with van der Waals surface area (Å²) >= 11 is 0. The van der Waals surface area contributed by atoms with Crippen LogP contribution < -0.4 is 21.3 Å². The molecule has 2 bridgehead atoms. The van der Waals surface area contributed by atoms with Crippen LogP contribution in [0.4, 0.5) is 0 Å². The lowest BCUT2D eigenvalue weighted by molar-refractivity contribution is 0.461. The highest BCUT2D eigenvalue weighted by Gasteiger charge is 2.05. The molecule has 20 heavy (non-hydrogen) atoms. The highest BCUT2D eigenvalue weighted by molar-refractivity contribution is 5.11. The van der Waals surface area contributed by atoms with Crippen molar-refractivity contribution in [1.29, 1.82) is 0 Å². The van der Waals surface area contributed by atoms with Crippen molar-refractivity contribution >= 4 is 0 Å². The Morgan fingerprint density at radius 1 is 0.900 bits per heavy atom. The van der Waals surface area contributed by atoms with Gasteiger partial charge in [0.25, 0.3) is 0 Å². The quantitative estimate of drug-likeness (QED) is 0.547. The van der Waals surface area contributed by atoms with Gasteiger partial charge in [-0.2, -0.15) is 0 Å². The lowest BCUT2D eigenvalue weighted by Gasteiger charge is -2.17. The van der Waals surface area contributed by atoms with Gasteiger partial charge in [0.2, 0.25) is 0 Å². The number of pyridine rings is 1. The molecule has 0 saturated heterocycles. The average Bonchev–Trinajstić information content (AvgIpc) is 2.44. The van der Waals surface area contributed by atoms with E-state index in [-0.39, 0.29) is 0 Å². The van der Waals surface area contributed by atoms with Gasteiger partial charge in [-0.3, -0.25) is 4.98 Å². The summed E-state index contributed by atoms with van der Waals surface area (Å²) < 4.78 is 0. The fourth-order valence-corrected chi connectivity index (χ4v) is 2.34. The molecule has 0 radical (unpaired) electrons. The van der Waals surface area contributed by atoms with E-state index < -0.39 is 0 Å². The monoisotopic (exact) mass is 277 g/mol. The summed E-state index contributed by atoms with van der Waals surface area (Å²) in [5, 5.41) is 13.9. The molecule has 5 heteroatoms. The van der Waals surface area contributed by atoms with Gasteiger partial charge in [0.15, 0.2) is 0 Å². The van der Waals surface area contributed by atoms with Crippen LogP contribution in [0.3, 0.4) is 0 Å². The summed E-state index contributed by atoms with van der Waals surface area (Å²) in [6.45, 7) is 9.99. The Bertz CT molecular complexity index is 362. The third kappa shape index (κ3) is 5.54. The van der Waals surface area contributed by atoms with Crippen molar-refractivity contribution in [2.45, 2.75) is 39.0 Å². The number of fused-ring (bicyclic) bond motifs is 2. The molecular weight excluding hydrogens is 250 g/mol. The third-order valence-electron chi connectivity index (χ3n) is 3.49. The van der Waals surface area contributed by atoms with Crippen LogP contribution in [-0.2, 0) is 13.1 Å². The predicted molar refractivity (Wildman–Crippen MR) is 82.6 cm³/mol. The molecule has 0 saturated carbocycles. The van der Waals surface area contributed by atoms with Gasteiger partial charge >= 0.3 is 0 Å². The van der Waals surface area contributed by atoms with Crippen LogP contribution in [0.5, 0.6) is 0 Å². The summed E-state index contributed by atoms with van der Waals surface area (Å²) in [5.41, 5.74) is 2.22. The molecule has 2 heterocycles. The first-order chi connectivity index (χ1) is 9.74. The van der Waals surface area contributed by atoms with E-state index in [9.17, 15) is 0 Å². The molecule has 2 unspecified atom stereocenters. The second-order valence-corrected chi connectivity index (χ2v) is 5.59. The molecule has 5 nitrogen and oxygen atoms in total. The Hall–Kier alpha value is -1.01. The van der Waals surface area contributed by atoms with Crippen LogP contribution in [0.1, 0.15) is 25.2 Å². The molecular formula is C15H27N5. The highest BCUT2D eigenvalue weighted by atomic mass is 15.0. The smallest absolute Gasteiger partial charge is 0.0545 e. The fraction of sp³-hybridized carbons (Fsp3) is 0.667. The first-order valence-corrected chi connectivity index (χ1v) is 7.57. The number of hydrogen-bond donors (Lipinski definition) is 4. The van der Waals surface area contributed by atoms with E-state index >= 15 is 0 Å². The van der Waals surface area contributed by atoms with Gasteiger partial charge in [-0.1, -0.05) is 6.07 Å². The molecule has 1 aromatic rings. The molecule has 0 aromatic carbocycles. The number of aromatic nitrogens is 1. The topological polar surface area (TPSA) is 61.0 Å². The Morgan fingerprint density at radius 2 is 1.40 bits per heavy atom. The minimum absolute atomic E-state index is 0.471. The fourth-order valence-electron chi connectivity index (χ4n) is 2.34. The number of rotatable bonds is 0. The summed E-state index contributed by atoms with van der Waals surface area (Å²) in [4.78, 5) is 4.67. The molecule has 0 spiro atoms. The molecule has 0 fully saturated rings. The van der Waals surface area contributed by atoms with Crippen LogP contribution in [0, 0.1) is 0 Å². The first kappa shape index (κ1) is 15.4. The second kappa shape index (κ2) is 8.32. The van der Waals surface area contributed by atoms with Crippen LogP contribution >= 0.6 is 0 Å². The van der Waals surface area contributed by atoms with E-state index in [1.165, 1.54) is 0 Å². The van der Waals surface area contributed by atoms with Gasteiger partial charge in [0, 0.05) is 51.4 Å². The molecule has 112 valence electrons. The van der Waals surface area contributed by atoms with E-state index in [1.54, 1.807) is 0 Å². The Morgan fingerprint density at radius 3 is 1.90 bits per heavy atom. The number of nitrogens with zero attached hydrogens (tertiary/aromatic N) is 1. The molecule has 0 amide bonds. The van der Waals surface area contributed by atoms with Crippen LogP contribution in [-0.4, -0.2) is 43.2 Å². The van der Waals surface area contributed by atoms with Crippen molar-refractivity contribution in [3.05, 3.63) is 29.6 Å². The summed E-state index contributed by atoms with van der Waals surface area (Å²) in [7, 11) is 0. The van der Waals surface area contributed by atoms with E-state index in [0.29, 0.717) is 12.1 Å². The average molecular weight is 277 g/mol. The van der Waals surface area contributed by atoms with Crippen LogP contribution in [0.2, 0.25) is 0 Å². The maximum absolute atomic E-state index is 4.67. The zero-order valence-corrected chi connectivity index (χ0v) is 12.6. The molecule has 4 N–H and O–H groups in total. The maximum atomic E-state index is 4.67. The lowest BCUT2D eigenvalue weighted by atomic mass is 10.2. The Kier molecular flexibility index (Phi) is 6.39. The van der Waals surface area contributed by atoms with E-state index in [1.807, 2.05) is 0 Å². The lowest BCUT2D eigenvalue weighted by Crippen LogP contribution is -2.43. The van der Waals surface area contributed by atoms with E-state index in [2.05, 4.69) is 58.3 Å². The minimum Gasteiger partial charge on any atom is -0.312 e. The number of hydrogen-bond acceptors (Lipinski definition) is 5. The normalized spacial score (nSPS) is 26.5. The van der Waals surface area contributed by atoms with Crippen molar-refractivity contribution < 1.29 is 0 Å². The van der Waals surface area contributed by atoms with Gasteiger partial charge in [-0.25, -0.2) is 0 Å². The molecule has 2 atom stereocenters. The van der Waals surface area contributed by atoms with Gasteiger partial charge in [0.05, 0.1) is 11.4 Å². The van der Waals surface area contributed by atoms with Crippen LogP contribution in [0.15, 0.2) is 18.2 Å². The third-order valence-corrected chi connectivity index (χ3v) is 3.49. The Balaban J connectivity index is 1.95. The minimum atomic E-state index is 0.471. The zero-order valence-electron chi connectivity index (χ0n) is 12.6. The van der Waals surface area contributed by atoms with Crippen LogP contribution in [0.25, 0.3) is 0 Å².